The van der Waals surface area contributed by atoms with Crippen LogP contribution in [0.25, 0.3) is 0 Å². The van der Waals surface area contributed by atoms with Gasteiger partial charge in [-0.05, 0) is 152 Å². The molecule has 23 nitrogen and oxygen atoms in total. The first kappa shape index (κ1) is 71.8. The van der Waals surface area contributed by atoms with E-state index in [2.05, 4.69) is 45.1 Å². The molecular formula is C58H97BN8O15. The molecule has 12 N–H and O–H groups in total. The normalized spacial score (nSPS) is 15.9. The lowest BCUT2D eigenvalue weighted by molar-refractivity contribution is -0.143. The second-order valence-electron chi connectivity index (χ2n) is 24.7. The van der Waals surface area contributed by atoms with E-state index in [0.29, 0.717) is 82.9 Å². The first-order valence-electron chi connectivity index (χ1n) is 29.1. The Bertz CT molecular complexity index is 2250. The van der Waals surface area contributed by atoms with E-state index in [-0.39, 0.29) is 81.9 Å². The number of rotatable bonds is 42. The van der Waals surface area contributed by atoms with Gasteiger partial charge < -0.3 is 67.7 Å². The average Bonchev–Trinajstić information content (AvgIpc) is 3.42. The fourth-order valence-corrected chi connectivity index (χ4v) is 10.1. The zero-order valence-corrected chi connectivity index (χ0v) is 50.2. The van der Waals surface area contributed by atoms with E-state index in [1.54, 1.807) is 12.1 Å². The van der Waals surface area contributed by atoms with E-state index in [0.717, 1.165) is 25.0 Å². The standard InChI is InChI=1S/C58H97BN8O15/c1-55(2,37-56(3,4)35-49(73)74)34-47(70)64-36-38-13-15-40(16-14-38)52(77)67-44(54(79)80)21-23-45(68)66-43(22-24-48(71)72)53(78)63-31-33-82-58(7,8)27-32-81-57(5,6)26-25-46(69)65-42(50(60)75)12-9-10-29-62-51(76)39-17-19-41(20-18-39)61-30-11-28-59/h17-20,38,40,42-44,61H,9-16,21-37,59H2,1-8H3,(H2,60,75)(H,62,76)(H,63,78)(H,64,70)(H,65,69)(H,66,68)(H,67,77)(H,71,72)(H,73,74)(H,79,80)/t38-,40+,42?,43-,44-/m0/s1. The third kappa shape index (κ3) is 31.2. The summed E-state index contributed by atoms with van der Waals surface area (Å²) >= 11 is 0. The molecule has 0 saturated heterocycles. The van der Waals surface area contributed by atoms with Gasteiger partial charge in [-0.25, -0.2) is 4.79 Å². The Morgan fingerprint density at radius 1 is 0.610 bits per heavy atom. The largest absolute Gasteiger partial charge is 0.481 e. The lowest BCUT2D eigenvalue weighted by atomic mass is 9.71. The summed E-state index contributed by atoms with van der Waals surface area (Å²) in [5.41, 5.74) is 4.76. The summed E-state index contributed by atoms with van der Waals surface area (Å²) in [5.74, 6) is -6.96. The van der Waals surface area contributed by atoms with Gasteiger partial charge in [-0.15, -0.1) is 0 Å². The highest BCUT2D eigenvalue weighted by Gasteiger charge is 2.34. The zero-order chi connectivity index (χ0) is 61.7. The van der Waals surface area contributed by atoms with Crippen molar-refractivity contribution in [3.8, 4) is 0 Å². The molecule has 1 aliphatic rings. The number of primary amides is 1. The fourth-order valence-electron chi connectivity index (χ4n) is 10.1. The van der Waals surface area contributed by atoms with Gasteiger partial charge in [0.25, 0.3) is 5.91 Å². The predicted octanol–water partition coefficient (Wildman–Crippen LogP) is 4.22. The van der Waals surface area contributed by atoms with Crippen molar-refractivity contribution in [2.45, 2.75) is 207 Å². The van der Waals surface area contributed by atoms with Crippen molar-refractivity contribution >= 4 is 72.8 Å². The van der Waals surface area contributed by atoms with Crippen LogP contribution in [0.15, 0.2) is 24.3 Å². The summed E-state index contributed by atoms with van der Waals surface area (Å²) < 4.78 is 12.1. The molecule has 0 spiro atoms. The number of carboxylic acids is 3. The van der Waals surface area contributed by atoms with E-state index < -0.39 is 94.0 Å². The maximum Gasteiger partial charge on any atom is 0.326 e. The van der Waals surface area contributed by atoms with Gasteiger partial charge in [0.15, 0.2) is 0 Å². The fraction of sp³-hybridized carbons (Fsp3) is 0.724. The van der Waals surface area contributed by atoms with Crippen LogP contribution in [0.5, 0.6) is 0 Å². The number of nitrogens with two attached hydrogens (primary N) is 1. The van der Waals surface area contributed by atoms with Crippen LogP contribution in [0.4, 0.5) is 5.69 Å². The molecule has 3 atom stereocenters. The van der Waals surface area contributed by atoms with Crippen LogP contribution in [-0.2, 0) is 52.6 Å². The highest BCUT2D eigenvalue weighted by atomic mass is 16.5. The van der Waals surface area contributed by atoms with Crippen LogP contribution in [0, 0.1) is 22.7 Å². The summed E-state index contributed by atoms with van der Waals surface area (Å²) in [5, 5.41) is 48.1. The SMILES string of the molecule is BCCCNc1ccc(C(=O)NCCCCC(NC(=O)CCC(C)(C)OCCC(C)(C)OCCNC(=O)[C@H](CCC(=O)O)NC(=O)CC[C@H](NC(=O)[C@H]2CC[C@@H](CNC(=O)CC(C)(C)CC(C)(C)CC(=O)O)CC2)C(=O)O)C(N)=O)cc1. The molecule has 1 unspecified atom stereocenters. The molecule has 0 aliphatic heterocycles. The van der Waals surface area contributed by atoms with Crippen LogP contribution in [0.1, 0.15) is 181 Å². The number of ether oxygens (including phenoxy) is 2. The predicted molar refractivity (Wildman–Crippen MR) is 312 cm³/mol. The maximum absolute atomic E-state index is 13.2. The first-order valence-corrected chi connectivity index (χ1v) is 29.1. The lowest BCUT2D eigenvalue weighted by Crippen LogP contribution is -2.49. The molecule has 1 aromatic carbocycles. The Balaban J connectivity index is 1.73. The van der Waals surface area contributed by atoms with Crippen LogP contribution in [-0.4, -0.2) is 151 Å². The number of carbonyl (C=O) groups is 10. The zero-order valence-electron chi connectivity index (χ0n) is 50.2. The molecular weight excluding hydrogens is 1060 g/mol. The number of amides is 7. The summed E-state index contributed by atoms with van der Waals surface area (Å²) in [6.45, 7) is 17.0. The smallest absolute Gasteiger partial charge is 0.326 e. The van der Waals surface area contributed by atoms with Gasteiger partial charge in [0.1, 0.15) is 26.0 Å². The molecule has 0 aromatic heterocycles. The van der Waals surface area contributed by atoms with Crippen molar-refractivity contribution in [1.29, 1.82) is 0 Å². The lowest BCUT2D eigenvalue weighted by Gasteiger charge is -2.34. The summed E-state index contributed by atoms with van der Waals surface area (Å²) in [6.07, 6.45) is 6.04. The first-order chi connectivity index (χ1) is 38.3. The van der Waals surface area contributed by atoms with Crippen LogP contribution < -0.4 is 43.0 Å². The molecule has 1 saturated carbocycles. The van der Waals surface area contributed by atoms with Crippen molar-refractivity contribution in [2.75, 3.05) is 44.7 Å². The van der Waals surface area contributed by atoms with Gasteiger partial charge in [-0.1, -0.05) is 34.0 Å². The van der Waals surface area contributed by atoms with Gasteiger partial charge >= 0.3 is 17.9 Å². The molecule has 82 heavy (non-hydrogen) atoms. The second kappa shape index (κ2) is 35.6. The third-order valence-electron chi connectivity index (χ3n) is 14.5. The molecule has 1 aromatic rings. The Morgan fingerprint density at radius 3 is 1.82 bits per heavy atom. The van der Waals surface area contributed by atoms with Gasteiger partial charge in [0, 0.05) is 69.0 Å². The van der Waals surface area contributed by atoms with Gasteiger partial charge in [-0.2, -0.15) is 0 Å². The number of hydrogen-bond acceptors (Lipinski definition) is 13. The van der Waals surface area contributed by atoms with E-state index in [4.69, 9.17) is 15.2 Å². The molecule has 2 rings (SSSR count). The monoisotopic (exact) mass is 1160 g/mol. The molecule has 7 amide bonds. The van der Waals surface area contributed by atoms with Crippen molar-refractivity contribution < 1.29 is 72.7 Å². The van der Waals surface area contributed by atoms with Gasteiger partial charge in [0.05, 0.1) is 30.8 Å². The third-order valence-corrected chi connectivity index (χ3v) is 14.5. The van der Waals surface area contributed by atoms with Crippen molar-refractivity contribution in [1.82, 2.24) is 31.9 Å². The van der Waals surface area contributed by atoms with Crippen LogP contribution in [0.2, 0.25) is 6.32 Å². The Kier molecular flexibility index (Phi) is 31.2. The number of benzene rings is 1. The minimum atomic E-state index is -1.40. The van der Waals surface area contributed by atoms with Crippen LogP contribution in [0.3, 0.4) is 0 Å². The summed E-state index contributed by atoms with van der Waals surface area (Å²) in [6, 6.07) is 3.74. The van der Waals surface area contributed by atoms with Gasteiger partial charge in [-0.3, -0.25) is 43.2 Å². The van der Waals surface area contributed by atoms with Gasteiger partial charge in [0.2, 0.25) is 35.4 Å². The number of unbranched alkanes of at least 4 members (excludes halogenated alkanes) is 1. The molecule has 0 radical (unpaired) electrons. The number of carbonyl (C=O) groups excluding carboxylic acids is 7. The topological polar surface area (TPSA) is 360 Å². The molecule has 462 valence electrons. The van der Waals surface area contributed by atoms with Crippen LogP contribution >= 0.6 is 0 Å². The Labute approximate surface area is 485 Å². The Hall–Kier alpha value is -6.30. The summed E-state index contributed by atoms with van der Waals surface area (Å²) in [4.78, 5) is 125. The molecule has 1 fully saturated rings. The van der Waals surface area contributed by atoms with E-state index in [9.17, 15) is 63.3 Å². The molecule has 24 heteroatoms. The number of nitrogens with one attached hydrogen (secondary N) is 7. The number of hydrogen-bond donors (Lipinski definition) is 11. The molecule has 0 heterocycles. The van der Waals surface area contributed by atoms with Crippen molar-refractivity contribution in [3.05, 3.63) is 29.8 Å². The minimum absolute atomic E-state index is 0.00278. The average molecular weight is 1160 g/mol. The molecule has 1 aliphatic carbocycles. The Morgan fingerprint density at radius 2 is 1.21 bits per heavy atom. The summed E-state index contributed by atoms with van der Waals surface area (Å²) in [7, 11) is 2.12. The van der Waals surface area contributed by atoms with Crippen molar-refractivity contribution in [3.63, 3.8) is 0 Å². The maximum atomic E-state index is 13.2. The van der Waals surface area contributed by atoms with Crippen molar-refractivity contribution in [2.24, 2.45) is 28.4 Å². The second-order valence-corrected chi connectivity index (χ2v) is 24.7. The van der Waals surface area contributed by atoms with E-state index >= 15 is 0 Å². The number of carboxylic acid groups (broad SMARTS) is 3. The highest BCUT2D eigenvalue weighted by molar-refractivity contribution is 6.08. The number of anilines is 1. The molecule has 0 bridgehead atoms. The quantitative estimate of drug-likeness (QED) is 0.0322. The minimum Gasteiger partial charge on any atom is -0.481 e. The number of aliphatic carboxylic acids is 3. The van der Waals surface area contributed by atoms with E-state index in [1.807, 2.05) is 67.5 Å². The van der Waals surface area contributed by atoms with E-state index in [1.165, 1.54) is 0 Å². The highest BCUT2D eigenvalue weighted by Crippen LogP contribution is 2.38.